The minimum atomic E-state index is -1.02. The van der Waals surface area contributed by atoms with Gasteiger partial charge in [0.25, 0.3) is 0 Å². The molecule has 0 bridgehead atoms. The van der Waals surface area contributed by atoms with Crippen LogP contribution in [-0.4, -0.2) is 62.6 Å². The number of allylic oxidation sites excluding steroid dienone is 1. The Balaban J connectivity index is 1.60. The quantitative estimate of drug-likeness (QED) is 0.408. The number of amides is 1. The van der Waals surface area contributed by atoms with Crippen LogP contribution < -0.4 is 11.6 Å². The van der Waals surface area contributed by atoms with E-state index in [2.05, 4.69) is 5.10 Å². The van der Waals surface area contributed by atoms with E-state index < -0.39 is 11.6 Å². The van der Waals surface area contributed by atoms with Crippen LogP contribution in [0.15, 0.2) is 42.4 Å². The number of hydrazine groups is 1. The summed E-state index contributed by atoms with van der Waals surface area (Å²) in [6.07, 6.45) is 5.33. The normalized spacial score (nSPS) is 22.3. The Morgan fingerprint density at radius 3 is 2.72 bits per heavy atom. The third-order valence-corrected chi connectivity index (χ3v) is 6.62. The number of rotatable bonds is 6. The smallest absolute Gasteiger partial charge is 0.410 e. The molecule has 4 rings (SSSR count). The Labute approximate surface area is 211 Å². The molecule has 194 valence electrons. The molecule has 1 aromatic heterocycles. The Morgan fingerprint density at radius 2 is 2.06 bits per heavy atom. The molecule has 2 heterocycles. The fourth-order valence-electron chi connectivity index (χ4n) is 4.93. The lowest BCUT2D eigenvalue weighted by atomic mass is 9.90. The Kier molecular flexibility index (Phi) is 6.99. The number of nitrogens with two attached hydrogens (primary N) is 2. The molecular formula is C26H36N6O4. The van der Waals surface area contributed by atoms with Crippen molar-refractivity contribution in [3.05, 3.63) is 59.2 Å². The zero-order valence-corrected chi connectivity index (χ0v) is 21.3. The van der Waals surface area contributed by atoms with E-state index in [0.717, 1.165) is 30.5 Å². The van der Waals surface area contributed by atoms with Gasteiger partial charge < -0.3 is 25.5 Å². The molecule has 1 aliphatic heterocycles. The first-order valence-corrected chi connectivity index (χ1v) is 12.3. The van der Waals surface area contributed by atoms with E-state index in [-0.39, 0.29) is 29.4 Å². The molecular weight excluding hydrogens is 460 g/mol. The number of aromatic carboxylic acids is 1. The van der Waals surface area contributed by atoms with Gasteiger partial charge in [-0.2, -0.15) is 5.10 Å². The third kappa shape index (κ3) is 5.64. The lowest BCUT2D eigenvalue weighted by molar-refractivity contribution is 0.0198. The summed E-state index contributed by atoms with van der Waals surface area (Å²) in [5, 5.41) is 15.7. The summed E-state index contributed by atoms with van der Waals surface area (Å²) in [6.45, 7) is 6.84. The molecule has 1 saturated carbocycles. The van der Waals surface area contributed by atoms with Crippen LogP contribution in [0.3, 0.4) is 0 Å². The van der Waals surface area contributed by atoms with E-state index >= 15 is 0 Å². The van der Waals surface area contributed by atoms with Gasteiger partial charge in [-0.25, -0.2) is 20.1 Å². The van der Waals surface area contributed by atoms with Gasteiger partial charge in [0.2, 0.25) is 0 Å². The maximum absolute atomic E-state index is 12.6. The number of hydrogen-bond donors (Lipinski definition) is 3. The van der Waals surface area contributed by atoms with E-state index in [1.165, 1.54) is 11.2 Å². The summed E-state index contributed by atoms with van der Waals surface area (Å²) < 4.78 is 7.29. The summed E-state index contributed by atoms with van der Waals surface area (Å²) in [7, 11) is 1.69. The van der Waals surface area contributed by atoms with Crippen molar-refractivity contribution >= 4 is 12.1 Å². The van der Waals surface area contributed by atoms with E-state index in [9.17, 15) is 14.7 Å². The zero-order valence-electron chi connectivity index (χ0n) is 21.3. The maximum Gasteiger partial charge on any atom is 0.410 e. The highest BCUT2D eigenvalue weighted by Crippen LogP contribution is 2.51. The first-order valence-electron chi connectivity index (χ1n) is 12.3. The molecule has 2 aliphatic rings. The molecule has 1 saturated heterocycles. The molecule has 1 aromatic carbocycles. The van der Waals surface area contributed by atoms with Crippen LogP contribution in [0.2, 0.25) is 0 Å². The number of benzene rings is 1. The van der Waals surface area contributed by atoms with Crippen LogP contribution in [0.5, 0.6) is 0 Å². The summed E-state index contributed by atoms with van der Waals surface area (Å²) in [6, 6.07) is 7.96. The lowest BCUT2D eigenvalue weighted by Crippen LogP contribution is -2.42. The molecule has 10 nitrogen and oxygen atoms in total. The van der Waals surface area contributed by atoms with Crippen molar-refractivity contribution in [3.8, 4) is 5.69 Å². The highest BCUT2D eigenvalue weighted by atomic mass is 16.6. The molecule has 2 fully saturated rings. The number of carboxylic acids is 1. The molecule has 1 unspecified atom stereocenters. The molecule has 10 heteroatoms. The molecule has 0 spiro atoms. The molecule has 36 heavy (non-hydrogen) atoms. The van der Waals surface area contributed by atoms with Crippen LogP contribution in [0.1, 0.15) is 73.5 Å². The van der Waals surface area contributed by atoms with Gasteiger partial charge in [0, 0.05) is 49.8 Å². The van der Waals surface area contributed by atoms with Gasteiger partial charge in [0.05, 0.1) is 17.6 Å². The van der Waals surface area contributed by atoms with Crippen molar-refractivity contribution < 1.29 is 19.4 Å². The van der Waals surface area contributed by atoms with Crippen LogP contribution in [0.4, 0.5) is 4.79 Å². The number of carbonyl (C=O) groups excluding carboxylic acids is 1. The summed E-state index contributed by atoms with van der Waals surface area (Å²) in [5.74, 6) is 4.78. The van der Waals surface area contributed by atoms with Crippen molar-refractivity contribution in [2.24, 2.45) is 17.5 Å². The fraction of sp³-hybridized carbons (Fsp3) is 0.500. The predicted octanol–water partition coefficient (Wildman–Crippen LogP) is 3.39. The number of piperidine rings is 1. The van der Waals surface area contributed by atoms with Crippen LogP contribution >= 0.6 is 0 Å². The molecule has 1 aliphatic carbocycles. The Bertz CT molecular complexity index is 1170. The molecule has 2 aromatic rings. The van der Waals surface area contributed by atoms with Crippen molar-refractivity contribution in [2.75, 3.05) is 20.1 Å². The van der Waals surface area contributed by atoms with Gasteiger partial charge in [-0.05, 0) is 57.7 Å². The second-order valence-corrected chi connectivity index (χ2v) is 10.8. The van der Waals surface area contributed by atoms with Crippen molar-refractivity contribution in [3.63, 3.8) is 0 Å². The average Bonchev–Trinajstić information content (AvgIpc) is 3.47. The number of ether oxygens (including phenoxy) is 1. The number of nitrogens with zero attached hydrogens (tertiary/aromatic N) is 4. The largest absolute Gasteiger partial charge is 0.478 e. The SMILES string of the molecule is CN(N)/C=C(\N)[C@@H]1C[C@H]1c1c(C(=O)O)cnn1-c1cccc(C2CCCN(C(=O)OC(C)(C)C)C2)c1. The van der Waals surface area contributed by atoms with E-state index in [4.69, 9.17) is 16.3 Å². The number of carbonyl (C=O) groups is 2. The van der Waals surface area contributed by atoms with Crippen LogP contribution in [-0.2, 0) is 4.74 Å². The molecule has 3 atom stereocenters. The van der Waals surface area contributed by atoms with Crippen LogP contribution in [0.25, 0.3) is 5.69 Å². The topological polar surface area (TPSA) is 140 Å². The summed E-state index contributed by atoms with van der Waals surface area (Å²) in [5.41, 5.74) is 8.97. The summed E-state index contributed by atoms with van der Waals surface area (Å²) >= 11 is 0. The number of carboxylic acid groups (broad SMARTS) is 1. The van der Waals surface area contributed by atoms with Crippen molar-refractivity contribution in [2.45, 2.75) is 57.5 Å². The van der Waals surface area contributed by atoms with E-state index in [1.807, 2.05) is 45.0 Å². The first kappa shape index (κ1) is 25.6. The van der Waals surface area contributed by atoms with Crippen molar-refractivity contribution in [1.29, 1.82) is 0 Å². The highest BCUT2D eigenvalue weighted by molar-refractivity contribution is 5.89. The van der Waals surface area contributed by atoms with Gasteiger partial charge in [-0.1, -0.05) is 12.1 Å². The highest BCUT2D eigenvalue weighted by Gasteiger charge is 2.45. The summed E-state index contributed by atoms with van der Waals surface area (Å²) in [4.78, 5) is 26.4. The van der Waals surface area contributed by atoms with Crippen molar-refractivity contribution in [1.82, 2.24) is 19.7 Å². The third-order valence-electron chi connectivity index (χ3n) is 6.62. The fourth-order valence-corrected chi connectivity index (χ4v) is 4.93. The maximum atomic E-state index is 12.6. The standard InChI is InChI=1S/C26H36N6O4/c1-26(2,3)36-25(35)31-10-6-8-17(14-31)16-7-5-9-18(11-16)32-23(21(13-29-32)24(33)34)20-12-19(20)22(27)15-30(4)28/h5,7,9,11,13,15,17,19-20H,6,8,10,12,14,27-28H2,1-4H3,(H,33,34)/b22-15-/t17?,19-,20-/m1/s1. The minimum absolute atomic E-state index is 0.00784. The monoisotopic (exact) mass is 496 g/mol. The first-order chi connectivity index (χ1) is 16.9. The number of aromatic nitrogens is 2. The minimum Gasteiger partial charge on any atom is -0.478 e. The molecule has 0 radical (unpaired) electrons. The van der Waals surface area contributed by atoms with Crippen LogP contribution in [0, 0.1) is 5.92 Å². The second kappa shape index (κ2) is 9.85. The van der Waals surface area contributed by atoms with Gasteiger partial charge in [0.1, 0.15) is 11.2 Å². The zero-order chi connectivity index (χ0) is 26.2. The molecule has 1 amide bonds. The Hall–Kier alpha value is -3.53. The number of hydrogen-bond acceptors (Lipinski definition) is 7. The second-order valence-electron chi connectivity index (χ2n) is 10.8. The van der Waals surface area contributed by atoms with Gasteiger partial charge >= 0.3 is 12.1 Å². The lowest BCUT2D eigenvalue weighted by Gasteiger charge is -2.34. The molecule has 5 N–H and O–H groups in total. The Morgan fingerprint density at radius 1 is 1.31 bits per heavy atom. The average molecular weight is 497 g/mol. The van der Waals surface area contributed by atoms with E-state index in [1.54, 1.807) is 22.8 Å². The van der Waals surface area contributed by atoms with Gasteiger partial charge in [-0.15, -0.1) is 0 Å². The van der Waals surface area contributed by atoms with E-state index in [0.29, 0.717) is 24.5 Å². The van der Waals surface area contributed by atoms with Gasteiger partial charge in [0.15, 0.2) is 0 Å². The van der Waals surface area contributed by atoms with Gasteiger partial charge in [-0.3, -0.25) is 0 Å². The predicted molar refractivity (Wildman–Crippen MR) is 135 cm³/mol. The number of likely N-dealkylation sites (tertiary alicyclic amines) is 1.